The Morgan fingerprint density at radius 3 is 2.64 bits per heavy atom. The average molecular weight is 321 g/mol. The van der Waals surface area contributed by atoms with Gasteiger partial charge in [-0.15, -0.1) is 0 Å². The van der Waals surface area contributed by atoms with Crippen molar-refractivity contribution in [1.29, 1.82) is 0 Å². The van der Waals surface area contributed by atoms with Crippen LogP contribution in [-0.4, -0.2) is 17.2 Å². The zero-order chi connectivity index (χ0) is 16.1. The van der Waals surface area contributed by atoms with Crippen LogP contribution in [0, 0.1) is 5.92 Å². The number of ketones is 1. The van der Waals surface area contributed by atoms with Gasteiger partial charge in [0.15, 0.2) is 5.78 Å². The normalized spacial score (nSPS) is 30.2. The van der Waals surface area contributed by atoms with Gasteiger partial charge in [0.05, 0.1) is 5.54 Å². The first-order valence-electron chi connectivity index (χ1n) is 7.85. The van der Waals surface area contributed by atoms with Crippen molar-refractivity contribution >= 4 is 29.0 Å². The third kappa shape index (κ3) is 1.68. The number of benzene rings is 1. The summed E-state index contributed by atoms with van der Waals surface area (Å²) in [4.78, 5) is 25.6. The summed E-state index contributed by atoms with van der Waals surface area (Å²) in [7, 11) is 0. The minimum Gasteiger partial charge on any atom is -0.325 e. The molecule has 1 unspecified atom stereocenters. The highest BCUT2D eigenvalue weighted by molar-refractivity contribution is 6.31. The van der Waals surface area contributed by atoms with E-state index in [0.717, 1.165) is 18.4 Å². The van der Waals surface area contributed by atoms with E-state index in [1.54, 1.807) is 12.1 Å². The summed E-state index contributed by atoms with van der Waals surface area (Å²) < 4.78 is 0. The molecule has 118 valence electrons. The van der Waals surface area contributed by atoms with Crippen molar-refractivity contribution in [1.82, 2.24) is 0 Å². The van der Waals surface area contributed by atoms with E-state index >= 15 is 0 Å². The Hall–Kier alpha value is -1.39. The fraction of sp³-hybridized carbons (Fsp3) is 0.529. The monoisotopic (exact) mass is 320 g/mol. The van der Waals surface area contributed by atoms with Gasteiger partial charge in [-0.3, -0.25) is 9.59 Å². The number of carbonyl (C=O) groups excluding carboxylic acids is 2. The van der Waals surface area contributed by atoms with E-state index in [1.165, 1.54) is 0 Å². The van der Waals surface area contributed by atoms with Gasteiger partial charge in [-0.1, -0.05) is 44.4 Å². The van der Waals surface area contributed by atoms with Crippen molar-refractivity contribution in [2.75, 3.05) is 5.32 Å². The molecule has 1 aliphatic carbocycles. The molecule has 0 aromatic heterocycles. The fourth-order valence-electron chi connectivity index (χ4n) is 4.46. The lowest BCUT2D eigenvalue weighted by Gasteiger charge is -2.43. The number of halogens is 1. The number of hydrogen-bond acceptors (Lipinski definition) is 3. The first kappa shape index (κ1) is 15.5. The first-order chi connectivity index (χ1) is 10.4. The first-order valence-corrected chi connectivity index (χ1v) is 8.23. The molecule has 0 bridgehead atoms. The maximum absolute atomic E-state index is 12.9. The van der Waals surface area contributed by atoms with Crippen LogP contribution in [0.3, 0.4) is 0 Å². The highest BCUT2D eigenvalue weighted by atomic mass is 35.5. The standard InChI is InChI=1S/C17H21ClN2O2/c1-3-10(4-2)17(19)14(21)7-8-16(17)12-6-5-11(18)9-13(12)20-15(16)22/h5-6,9-10H,3-4,7-8,19H2,1-2H3,(H,20,22)/t16-,17?/m0/s1. The lowest BCUT2D eigenvalue weighted by Crippen LogP contribution is -2.65. The summed E-state index contributed by atoms with van der Waals surface area (Å²) in [5.74, 6) is -0.181. The Bertz CT molecular complexity index is 656. The molecule has 1 heterocycles. The van der Waals surface area contributed by atoms with Crippen LogP contribution in [-0.2, 0) is 15.0 Å². The van der Waals surface area contributed by atoms with E-state index in [2.05, 4.69) is 5.32 Å². The minimum atomic E-state index is -1.14. The topological polar surface area (TPSA) is 72.2 Å². The zero-order valence-electron chi connectivity index (χ0n) is 12.9. The molecule has 4 nitrogen and oxygen atoms in total. The predicted molar refractivity (Wildman–Crippen MR) is 87.0 cm³/mol. The van der Waals surface area contributed by atoms with Crippen LogP contribution in [0.4, 0.5) is 5.69 Å². The molecule has 1 aromatic carbocycles. The molecular formula is C17H21ClN2O2. The number of carbonyl (C=O) groups is 2. The van der Waals surface area contributed by atoms with Crippen LogP contribution in [0.15, 0.2) is 18.2 Å². The highest BCUT2D eigenvalue weighted by Gasteiger charge is 2.67. The second-order valence-electron chi connectivity index (χ2n) is 6.35. The molecule has 0 radical (unpaired) electrons. The summed E-state index contributed by atoms with van der Waals surface area (Å²) in [6.45, 7) is 4.05. The molecule has 1 aromatic rings. The van der Waals surface area contributed by atoms with Crippen molar-refractivity contribution in [3.8, 4) is 0 Å². The zero-order valence-corrected chi connectivity index (χ0v) is 13.7. The van der Waals surface area contributed by atoms with Gasteiger partial charge in [-0.05, 0) is 30.0 Å². The Balaban J connectivity index is 2.25. The van der Waals surface area contributed by atoms with E-state index < -0.39 is 11.0 Å². The largest absolute Gasteiger partial charge is 0.325 e. The smallest absolute Gasteiger partial charge is 0.237 e. The summed E-state index contributed by atoms with van der Waals surface area (Å²) >= 11 is 6.03. The van der Waals surface area contributed by atoms with Crippen molar-refractivity contribution in [2.24, 2.45) is 11.7 Å². The second kappa shape index (κ2) is 5.07. The van der Waals surface area contributed by atoms with Crippen LogP contribution in [0.25, 0.3) is 0 Å². The Morgan fingerprint density at radius 1 is 1.32 bits per heavy atom. The molecule has 1 spiro atoms. The van der Waals surface area contributed by atoms with Crippen molar-refractivity contribution in [3.05, 3.63) is 28.8 Å². The van der Waals surface area contributed by atoms with Gasteiger partial charge >= 0.3 is 0 Å². The molecule has 1 fully saturated rings. The van der Waals surface area contributed by atoms with Crippen LogP contribution >= 0.6 is 11.6 Å². The van der Waals surface area contributed by atoms with Gasteiger partial charge in [0.2, 0.25) is 5.91 Å². The van der Waals surface area contributed by atoms with Gasteiger partial charge in [0.25, 0.3) is 0 Å². The number of anilines is 1. The fourth-order valence-corrected chi connectivity index (χ4v) is 4.64. The van der Waals surface area contributed by atoms with Gasteiger partial charge < -0.3 is 11.1 Å². The van der Waals surface area contributed by atoms with Gasteiger partial charge in [0.1, 0.15) is 5.41 Å². The third-order valence-electron chi connectivity index (χ3n) is 5.60. The molecular weight excluding hydrogens is 300 g/mol. The molecule has 1 saturated carbocycles. The van der Waals surface area contributed by atoms with E-state index in [0.29, 0.717) is 23.6 Å². The molecule has 2 aliphatic rings. The second-order valence-corrected chi connectivity index (χ2v) is 6.79. The highest BCUT2D eigenvalue weighted by Crippen LogP contribution is 2.55. The van der Waals surface area contributed by atoms with E-state index in [4.69, 9.17) is 17.3 Å². The Labute approximate surface area is 135 Å². The van der Waals surface area contributed by atoms with Crippen LogP contribution < -0.4 is 11.1 Å². The minimum absolute atomic E-state index is 0.000787. The quantitative estimate of drug-likeness (QED) is 0.899. The van der Waals surface area contributed by atoms with Gasteiger partial charge in [-0.25, -0.2) is 0 Å². The van der Waals surface area contributed by atoms with Crippen molar-refractivity contribution < 1.29 is 9.59 Å². The van der Waals surface area contributed by atoms with Crippen LogP contribution in [0.5, 0.6) is 0 Å². The predicted octanol–water partition coefficient (Wildman–Crippen LogP) is 3.03. The SMILES string of the molecule is CCC(CC)C1(N)C(=O)CC[C@]12C(=O)Nc1cc(Cl)ccc12. The van der Waals surface area contributed by atoms with Gasteiger partial charge in [0, 0.05) is 17.1 Å². The van der Waals surface area contributed by atoms with Crippen molar-refractivity contribution in [2.45, 2.75) is 50.5 Å². The number of nitrogens with one attached hydrogen (secondary N) is 1. The van der Waals surface area contributed by atoms with E-state index in [9.17, 15) is 9.59 Å². The van der Waals surface area contributed by atoms with Gasteiger partial charge in [-0.2, -0.15) is 0 Å². The van der Waals surface area contributed by atoms with Crippen LogP contribution in [0.1, 0.15) is 45.1 Å². The number of rotatable bonds is 3. The van der Waals surface area contributed by atoms with Crippen molar-refractivity contribution in [3.63, 3.8) is 0 Å². The van der Waals surface area contributed by atoms with E-state index in [-0.39, 0.29) is 17.6 Å². The summed E-state index contributed by atoms with van der Waals surface area (Å²) in [6, 6.07) is 5.34. The number of hydrogen-bond donors (Lipinski definition) is 2. The summed E-state index contributed by atoms with van der Waals surface area (Å²) in [5, 5.41) is 3.45. The molecule has 5 heteroatoms. The molecule has 3 N–H and O–H groups in total. The average Bonchev–Trinajstić information content (AvgIpc) is 2.91. The number of Topliss-reactive ketones (excluding diaryl/α,β-unsaturated/α-hetero) is 1. The maximum atomic E-state index is 12.9. The molecule has 1 amide bonds. The molecule has 22 heavy (non-hydrogen) atoms. The third-order valence-corrected chi connectivity index (χ3v) is 5.84. The Kier molecular flexibility index (Phi) is 3.57. The molecule has 1 aliphatic heterocycles. The van der Waals surface area contributed by atoms with Crippen LogP contribution in [0.2, 0.25) is 5.02 Å². The lowest BCUT2D eigenvalue weighted by atomic mass is 9.61. The lowest BCUT2D eigenvalue weighted by molar-refractivity contribution is -0.131. The summed E-state index contributed by atoms with van der Waals surface area (Å²) in [5.41, 5.74) is 6.12. The number of amides is 1. The maximum Gasteiger partial charge on any atom is 0.237 e. The molecule has 0 saturated heterocycles. The molecule has 2 atom stereocenters. The number of nitrogens with two attached hydrogens (primary N) is 1. The van der Waals surface area contributed by atoms with E-state index in [1.807, 2.05) is 19.9 Å². The summed E-state index contributed by atoms with van der Waals surface area (Å²) in [6.07, 6.45) is 2.37. The Morgan fingerprint density at radius 2 is 2.00 bits per heavy atom. The molecule has 3 rings (SSSR count). The number of fused-ring (bicyclic) bond motifs is 2.